The van der Waals surface area contributed by atoms with Crippen LogP contribution in [0.3, 0.4) is 0 Å². The summed E-state index contributed by atoms with van der Waals surface area (Å²) >= 11 is 4.56. The van der Waals surface area contributed by atoms with Crippen molar-refractivity contribution in [2.45, 2.75) is 16.6 Å². The largest absolute Gasteiger partial charge is 0.321 e. The average Bonchev–Trinajstić information content (AvgIpc) is 3.30. The molecule has 0 unspecified atom stereocenters. The van der Waals surface area contributed by atoms with Crippen LogP contribution in [0.5, 0.6) is 0 Å². The van der Waals surface area contributed by atoms with Gasteiger partial charge in [0.15, 0.2) is 0 Å². The number of non-ortho nitro benzene ring substituents is 1. The topological polar surface area (TPSA) is 139 Å². The molecule has 5 rings (SSSR count). The molecule has 220 valence electrons. The fourth-order valence-corrected chi connectivity index (χ4v) is 5.75. The zero-order valence-electron chi connectivity index (χ0n) is 22.8. The van der Waals surface area contributed by atoms with E-state index < -0.39 is 33.8 Å². The van der Waals surface area contributed by atoms with Gasteiger partial charge in [-0.3, -0.25) is 29.3 Å². The molecule has 4 amide bonds. The summed E-state index contributed by atoms with van der Waals surface area (Å²) < 4.78 is 0.863. The number of rotatable bonds is 9. The van der Waals surface area contributed by atoms with E-state index in [1.54, 1.807) is 72.8 Å². The summed E-state index contributed by atoms with van der Waals surface area (Å²) in [4.78, 5) is 64.2. The SMILES string of the molecule is O=C(Nc1cccc(S[C@@H]2CC(=O)N(c3ccc([N+](=O)[O-])cc3)C2=O)c1)/C(=C/c1ccc(Br)cc1)NC(=O)c1ccccc1. The number of amides is 4. The smallest absolute Gasteiger partial charge is 0.272 e. The summed E-state index contributed by atoms with van der Waals surface area (Å²) in [5.74, 6) is -1.86. The summed E-state index contributed by atoms with van der Waals surface area (Å²) in [5.41, 5.74) is 1.63. The van der Waals surface area contributed by atoms with Gasteiger partial charge in [0.05, 0.1) is 15.9 Å². The summed E-state index contributed by atoms with van der Waals surface area (Å²) in [6.45, 7) is 0. The molecular formula is C32H23BrN4O6S. The number of nitro groups is 1. The van der Waals surface area contributed by atoms with Crippen LogP contribution in [-0.4, -0.2) is 33.8 Å². The van der Waals surface area contributed by atoms with E-state index in [0.717, 1.165) is 9.37 Å². The van der Waals surface area contributed by atoms with Crippen LogP contribution in [0.2, 0.25) is 0 Å². The number of carbonyl (C=O) groups excluding carboxylic acids is 4. The number of hydrogen-bond donors (Lipinski definition) is 2. The molecule has 0 spiro atoms. The second kappa shape index (κ2) is 13.5. The van der Waals surface area contributed by atoms with Gasteiger partial charge in [0.2, 0.25) is 11.8 Å². The zero-order chi connectivity index (χ0) is 31.2. The number of benzene rings is 4. The zero-order valence-corrected chi connectivity index (χ0v) is 25.2. The minimum absolute atomic E-state index is 0.0227. The third-order valence-electron chi connectivity index (χ3n) is 6.50. The van der Waals surface area contributed by atoms with E-state index in [9.17, 15) is 29.3 Å². The second-order valence-corrected chi connectivity index (χ2v) is 11.8. The van der Waals surface area contributed by atoms with Gasteiger partial charge in [0, 0.05) is 39.2 Å². The molecule has 4 aromatic rings. The van der Waals surface area contributed by atoms with Gasteiger partial charge in [-0.15, -0.1) is 11.8 Å². The Morgan fingerprint density at radius 2 is 1.64 bits per heavy atom. The molecular weight excluding hydrogens is 648 g/mol. The van der Waals surface area contributed by atoms with Gasteiger partial charge in [-0.05, 0) is 66.2 Å². The maximum Gasteiger partial charge on any atom is 0.272 e. The number of nitro benzene ring substituents is 1. The molecule has 1 aliphatic rings. The lowest BCUT2D eigenvalue weighted by Gasteiger charge is -2.15. The fraction of sp³-hybridized carbons (Fsp3) is 0.0625. The third-order valence-corrected chi connectivity index (χ3v) is 8.21. The van der Waals surface area contributed by atoms with E-state index in [1.165, 1.54) is 36.0 Å². The Morgan fingerprint density at radius 1 is 0.932 bits per heavy atom. The number of thioether (sulfide) groups is 1. The molecule has 2 N–H and O–H groups in total. The van der Waals surface area contributed by atoms with Crippen molar-refractivity contribution in [1.82, 2.24) is 5.32 Å². The molecule has 1 saturated heterocycles. The average molecular weight is 672 g/mol. The Bertz CT molecular complexity index is 1780. The quantitative estimate of drug-likeness (QED) is 0.0937. The summed E-state index contributed by atoms with van der Waals surface area (Å²) in [5, 5.41) is 15.7. The minimum Gasteiger partial charge on any atom is -0.321 e. The lowest BCUT2D eigenvalue weighted by Crippen LogP contribution is -2.31. The molecule has 0 saturated carbocycles. The molecule has 0 aliphatic carbocycles. The van der Waals surface area contributed by atoms with Crippen LogP contribution in [0.15, 0.2) is 118 Å². The van der Waals surface area contributed by atoms with Crippen molar-refractivity contribution in [2.24, 2.45) is 0 Å². The van der Waals surface area contributed by atoms with E-state index in [2.05, 4.69) is 26.6 Å². The Kier molecular flexibility index (Phi) is 9.32. The highest BCUT2D eigenvalue weighted by Gasteiger charge is 2.40. The van der Waals surface area contributed by atoms with Crippen molar-refractivity contribution in [1.29, 1.82) is 0 Å². The van der Waals surface area contributed by atoms with Crippen LogP contribution in [0, 0.1) is 10.1 Å². The van der Waals surface area contributed by atoms with Gasteiger partial charge in [-0.1, -0.05) is 52.3 Å². The van der Waals surface area contributed by atoms with Gasteiger partial charge in [-0.25, -0.2) is 4.90 Å². The fourth-order valence-electron chi connectivity index (χ4n) is 4.37. The van der Waals surface area contributed by atoms with E-state index in [-0.39, 0.29) is 23.5 Å². The summed E-state index contributed by atoms with van der Waals surface area (Å²) in [6, 6.07) is 27.8. The van der Waals surface area contributed by atoms with E-state index in [1.807, 2.05) is 12.1 Å². The van der Waals surface area contributed by atoms with Gasteiger partial charge < -0.3 is 10.6 Å². The number of halogens is 1. The number of carbonyl (C=O) groups is 4. The maximum absolute atomic E-state index is 13.4. The van der Waals surface area contributed by atoms with Crippen LogP contribution in [0.1, 0.15) is 22.3 Å². The Morgan fingerprint density at radius 3 is 2.32 bits per heavy atom. The number of nitrogens with zero attached hydrogens (tertiary/aromatic N) is 2. The predicted molar refractivity (Wildman–Crippen MR) is 171 cm³/mol. The standard InChI is InChI=1S/C32H23BrN4O6S/c33-22-11-9-20(10-12-22)17-27(35-30(39)21-5-2-1-3-6-21)31(40)34-23-7-4-8-26(18-23)44-28-19-29(38)36(32(28)41)24-13-15-25(16-14-24)37(42)43/h1-18,28H,19H2,(H,34,40)(H,35,39)/b27-17-/t28-/m1/s1. The Labute approximate surface area is 264 Å². The van der Waals surface area contributed by atoms with Gasteiger partial charge in [-0.2, -0.15) is 0 Å². The van der Waals surface area contributed by atoms with Crippen molar-refractivity contribution in [2.75, 3.05) is 10.2 Å². The lowest BCUT2D eigenvalue weighted by molar-refractivity contribution is -0.384. The normalized spacial score (nSPS) is 14.8. The van der Waals surface area contributed by atoms with Crippen LogP contribution in [-0.2, 0) is 14.4 Å². The first-order valence-electron chi connectivity index (χ1n) is 13.2. The molecule has 4 aromatic carbocycles. The number of anilines is 2. The molecule has 44 heavy (non-hydrogen) atoms. The van der Waals surface area contributed by atoms with Crippen molar-refractivity contribution >= 4 is 74.5 Å². The summed E-state index contributed by atoms with van der Waals surface area (Å²) in [6.07, 6.45) is 1.51. The molecule has 1 aliphatic heterocycles. The van der Waals surface area contributed by atoms with Gasteiger partial charge >= 0.3 is 0 Å². The Hall–Kier alpha value is -5.07. The Balaban J connectivity index is 1.31. The van der Waals surface area contributed by atoms with Gasteiger partial charge in [0.1, 0.15) is 5.70 Å². The van der Waals surface area contributed by atoms with Crippen LogP contribution in [0.4, 0.5) is 17.1 Å². The van der Waals surface area contributed by atoms with Crippen LogP contribution in [0.25, 0.3) is 6.08 Å². The number of imide groups is 1. The maximum atomic E-state index is 13.4. The number of nitrogens with one attached hydrogen (secondary N) is 2. The molecule has 12 heteroatoms. The highest BCUT2D eigenvalue weighted by Crippen LogP contribution is 2.35. The lowest BCUT2D eigenvalue weighted by atomic mass is 10.1. The van der Waals surface area contributed by atoms with E-state index in [0.29, 0.717) is 21.7 Å². The van der Waals surface area contributed by atoms with Crippen molar-refractivity contribution in [3.63, 3.8) is 0 Å². The molecule has 0 aromatic heterocycles. The monoisotopic (exact) mass is 670 g/mol. The van der Waals surface area contributed by atoms with Crippen LogP contribution < -0.4 is 15.5 Å². The highest BCUT2D eigenvalue weighted by molar-refractivity contribution is 9.10. The minimum atomic E-state index is -0.721. The molecule has 1 fully saturated rings. The third kappa shape index (κ3) is 7.28. The first kappa shape index (κ1) is 30.4. The molecule has 10 nitrogen and oxygen atoms in total. The van der Waals surface area contributed by atoms with Gasteiger partial charge in [0.25, 0.3) is 17.5 Å². The second-order valence-electron chi connectivity index (χ2n) is 9.56. The van der Waals surface area contributed by atoms with E-state index in [4.69, 9.17) is 0 Å². The first-order chi connectivity index (χ1) is 21.2. The molecule has 1 heterocycles. The van der Waals surface area contributed by atoms with Crippen LogP contribution >= 0.6 is 27.7 Å². The number of hydrogen-bond acceptors (Lipinski definition) is 7. The predicted octanol–water partition coefficient (Wildman–Crippen LogP) is 6.19. The van der Waals surface area contributed by atoms with Crippen molar-refractivity contribution < 1.29 is 24.1 Å². The van der Waals surface area contributed by atoms with E-state index >= 15 is 0 Å². The van der Waals surface area contributed by atoms with Crippen molar-refractivity contribution in [3.05, 3.63) is 135 Å². The summed E-state index contributed by atoms with van der Waals surface area (Å²) in [7, 11) is 0. The first-order valence-corrected chi connectivity index (χ1v) is 14.9. The molecule has 1 atom stereocenters. The molecule has 0 radical (unpaired) electrons. The molecule has 0 bridgehead atoms. The highest BCUT2D eigenvalue weighted by atomic mass is 79.9. The van der Waals surface area contributed by atoms with Crippen molar-refractivity contribution in [3.8, 4) is 0 Å².